The van der Waals surface area contributed by atoms with Crippen molar-refractivity contribution < 1.29 is 0 Å². The first-order chi connectivity index (χ1) is 7.15. The van der Waals surface area contributed by atoms with E-state index in [0.717, 1.165) is 0 Å². The molecule has 0 aromatic rings. The summed E-state index contributed by atoms with van der Waals surface area (Å²) in [6.07, 6.45) is 12.8. The van der Waals surface area contributed by atoms with Gasteiger partial charge in [-0.15, -0.1) is 9.24 Å². The van der Waals surface area contributed by atoms with Crippen LogP contribution in [-0.4, -0.2) is 32.2 Å². The Morgan fingerprint density at radius 2 is 1.07 bits per heavy atom. The Hall–Kier alpha value is 0.390. The fraction of sp³-hybridized carbons (Fsp3) is 1.00. The lowest BCUT2D eigenvalue weighted by molar-refractivity contribution is 0.505. The zero-order valence-electron chi connectivity index (χ0n) is 11.4. The molecule has 0 bridgehead atoms. The second-order valence-corrected chi connectivity index (χ2v) is 5.18. The summed E-state index contributed by atoms with van der Waals surface area (Å²) in [4.78, 5) is 2.00. The Balaban J connectivity index is 0. The molecule has 1 atom stereocenters. The molecule has 0 aliphatic heterocycles. The Morgan fingerprint density at radius 1 is 0.733 bits per heavy atom. The fourth-order valence-corrected chi connectivity index (χ4v) is 1.57. The molecule has 1 unspecified atom stereocenters. The highest BCUT2D eigenvalue weighted by Crippen LogP contribution is 2.08. The Bertz CT molecular complexity index is 83.8. The van der Waals surface area contributed by atoms with Crippen LogP contribution in [0.15, 0.2) is 0 Å². The smallest absolute Gasteiger partial charge is 0.0140 e. The number of nitrogens with zero attached hydrogens (tertiary/aromatic N) is 1. The van der Waals surface area contributed by atoms with Crippen LogP contribution in [0.25, 0.3) is 0 Å². The van der Waals surface area contributed by atoms with Crippen LogP contribution in [0.5, 0.6) is 0 Å². The first-order valence-electron chi connectivity index (χ1n) is 6.46. The molecular weight excluding hydrogens is 201 g/mol. The van der Waals surface area contributed by atoms with Crippen molar-refractivity contribution in [2.24, 2.45) is 0 Å². The van der Waals surface area contributed by atoms with Crippen LogP contribution >= 0.6 is 9.24 Å². The maximum Gasteiger partial charge on any atom is -0.0140 e. The average molecular weight is 233 g/mol. The van der Waals surface area contributed by atoms with Gasteiger partial charge in [0, 0.05) is 0 Å². The van der Waals surface area contributed by atoms with Gasteiger partial charge in [-0.25, -0.2) is 0 Å². The number of hydrogen-bond donors (Lipinski definition) is 0. The summed E-state index contributed by atoms with van der Waals surface area (Å²) < 4.78 is 0. The van der Waals surface area contributed by atoms with E-state index >= 15 is 0 Å². The van der Waals surface area contributed by atoms with E-state index in [1.165, 1.54) is 57.5 Å². The zero-order chi connectivity index (χ0) is 11.9. The lowest BCUT2D eigenvalue weighted by Gasteiger charge is -1.98. The summed E-state index contributed by atoms with van der Waals surface area (Å²) in [5, 5.41) is 0. The second-order valence-electron chi connectivity index (χ2n) is 4.61. The first kappa shape index (κ1) is 17.8. The molecule has 0 aliphatic carbocycles. The van der Waals surface area contributed by atoms with Gasteiger partial charge in [0.15, 0.2) is 0 Å². The summed E-state index contributed by atoms with van der Waals surface area (Å²) >= 11 is 0. The molecule has 94 valence electrons. The van der Waals surface area contributed by atoms with E-state index in [1.54, 1.807) is 0 Å². The summed E-state index contributed by atoms with van der Waals surface area (Å²) in [6, 6.07) is 0. The van der Waals surface area contributed by atoms with Crippen LogP contribution < -0.4 is 0 Å². The number of unbranched alkanes of at least 4 members (excludes halogenated alkanes) is 7. The van der Waals surface area contributed by atoms with Gasteiger partial charge in [0.2, 0.25) is 0 Å². The van der Waals surface area contributed by atoms with Crippen LogP contribution in [0.2, 0.25) is 0 Å². The molecule has 0 aliphatic rings. The molecule has 15 heavy (non-hydrogen) atoms. The minimum Gasteiger partial charge on any atom is -0.312 e. The zero-order valence-corrected chi connectivity index (χ0v) is 12.5. The van der Waals surface area contributed by atoms with Gasteiger partial charge in [-0.1, -0.05) is 51.9 Å². The molecule has 0 fully saturated rings. The first-order valence-corrected chi connectivity index (χ1v) is 7.27. The van der Waals surface area contributed by atoms with E-state index in [0.29, 0.717) is 0 Å². The van der Waals surface area contributed by atoms with Crippen LogP contribution in [0.1, 0.15) is 58.3 Å². The van der Waals surface area contributed by atoms with Gasteiger partial charge in [-0.3, -0.25) is 0 Å². The van der Waals surface area contributed by atoms with Crippen molar-refractivity contribution in [1.29, 1.82) is 0 Å². The lowest BCUT2D eigenvalue weighted by atomic mass is 10.1. The SMILES string of the molecule is CCCCCCCCCCP.CN(C)C. The Kier molecular flexibility index (Phi) is 19.9. The van der Waals surface area contributed by atoms with Crippen molar-refractivity contribution in [3.05, 3.63) is 0 Å². The third-order valence-electron chi connectivity index (χ3n) is 2.06. The van der Waals surface area contributed by atoms with Gasteiger partial charge in [-0.2, -0.15) is 0 Å². The van der Waals surface area contributed by atoms with Crippen molar-refractivity contribution in [2.45, 2.75) is 58.3 Å². The quantitative estimate of drug-likeness (QED) is 0.449. The third kappa shape index (κ3) is 31.4. The largest absolute Gasteiger partial charge is 0.312 e. The average Bonchev–Trinajstić information content (AvgIpc) is 2.16. The molecule has 0 heterocycles. The predicted octanol–water partition coefficient (Wildman–Crippen LogP) is 4.18. The number of rotatable bonds is 8. The van der Waals surface area contributed by atoms with Gasteiger partial charge < -0.3 is 4.90 Å². The van der Waals surface area contributed by atoms with E-state index in [-0.39, 0.29) is 0 Å². The van der Waals surface area contributed by atoms with E-state index in [2.05, 4.69) is 16.2 Å². The standard InChI is InChI=1S/C10H23P.C3H9N/c1-2-3-4-5-6-7-8-9-10-11;1-4(2)3/h2-11H2,1H3;1-3H3. The second kappa shape index (κ2) is 16.8. The minimum atomic E-state index is 1.29. The molecule has 0 amide bonds. The lowest BCUT2D eigenvalue weighted by Crippen LogP contribution is -1.99. The Labute approximate surface area is 100 Å². The summed E-state index contributed by atoms with van der Waals surface area (Å²) in [5.74, 6) is 0. The van der Waals surface area contributed by atoms with Crippen LogP contribution in [0.3, 0.4) is 0 Å². The van der Waals surface area contributed by atoms with Crippen LogP contribution in [-0.2, 0) is 0 Å². The molecule has 1 nitrogen and oxygen atoms in total. The van der Waals surface area contributed by atoms with Gasteiger partial charge in [0.1, 0.15) is 0 Å². The predicted molar refractivity (Wildman–Crippen MR) is 76.8 cm³/mol. The highest BCUT2D eigenvalue weighted by atomic mass is 31.0. The van der Waals surface area contributed by atoms with E-state index < -0.39 is 0 Å². The van der Waals surface area contributed by atoms with Crippen molar-refractivity contribution in [3.63, 3.8) is 0 Å². The van der Waals surface area contributed by atoms with Gasteiger partial charge in [-0.05, 0) is 33.7 Å². The van der Waals surface area contributed by atoms with E-state index in [1.807, 2.05) is 26.0 Å². The van der Waals surface area contributed by atoms with Crippen LogP contribution in [0, 0.1) is 0 Å². The maximum absolute atomic E-state index is 2.79. The maximum atomic E-state index is 2.79. The molecule has 0 aromatic heterocycles. The van der Waals surface area contributed by atoms with Crippen molar-refractivity contribution in [3.8, 4) is 0 Å². The molecule has 0 aromatic carbocycles. The van der Waals surface area contributed by atoms with Crippen molar-refractivity contribution >= 4 is 9.24 Å². The monoisotopic (exact) mass is 233 g/mol. The summed E-state index contributed by atoms with van der Waals surface area (Å²) in [6.45, 7) is 2.27. The summed E-state index contributed by atoms with van der Waals surface area (Å²) in [5.41, 5.74) is 0. The molecule has 0 saturated carbocycles. The topological polar surface area (TPSA) is 3.24 Å². The van der Waals surface area contributed by atoms with Crippen LogP contribution in [0.4, 0.5) is 0 Å². The summed E-state index contributed by atoms with van der Waals surface area (Å²) in [7, 11) is 8.79. The third-order valence-corrected chi connectivity index (χ3v) is 2.47. The van der Waals surface area contributed by atoms with Crippen molar-refractivity contribution in [2.75, 3.05) is 27.3 Å². The van der Waals surface area contributed by atoms with Gasteiger partial charge in [0.05, 0.1) is 0 Å². The molecule has 0 spiro atoms. The fourth-order valence-electron chi connectivity index (χ4n) is 1.28. The van der Waals surface area contributed by atoms with E-state index in [4.69, 9.17) is 0 Å². The van der Waals surface area contributed by atoms with Gasteiger partial charge in [0.25, 0.3) is 0 Å². The van der Waals surface area contributed by atoms with Crippen molar-refractivity contribution in [1.82, 2.24) is 4.90 Å². The Morgan fingerprint density at radius 3 is 1.40 bits per heavy atom. The molecule has 0 radical (unpaired) electrons. The van der Waals surface area contributed by atoms with E-state index in [9.17, 15) is 0 Å². The molecule has 2 heteroatoms. The highest BCUT2D eigenvalue weighted by molar-refractivity contribution is 7.16. The normalized spacial score (nSPS) is 10.0. The molecule has 0 rings (SSSR count). The molecule has 0 saturated heterocycles. The minimum absolute atomic E-state index is 1.29. The van der Waals surface area contributed by atoms with Gasteiger partial charge >= 0.3 is 0 Å². The molecular formula is C13H32NP. The highest BCUT2D eigenvalue weighted by Gasteiger charge is 1.89. The molecule has 0 N–H and O–H groups in total. The number of hydrogen-bond acceptors (Lipinski definition) is 1.